The van der Waals surface area contributed by atoms with Gasteiger partial charge in [-0.2, -0.15) is 5.26 Å². The number of Topliss-reactive ketones (excluding diaryl/α,β-unsaturated/α-hetero) is 1. The molecule has 0 spiro atoms. The molecule has 96 valence electrons. The Morgan fingerprint density at radius 1 is 1.33 bits per heavy atom. The van der Waals surface area contributed by atoms with Crippen LogP contribution >= 0.6 is 0 Å². The molecule has 0 aliphatic heterocycles. The molecule has 0 aromatic heterocycles. The number of aliphatic hydroxyl groups excluding tert-OH is 1. The van der Waals surface area contributed by atoms with E-state index >= 15 is 0 Å². The van der Waals surface area contributed by atoms with Gasteiger partial charge in [0.1, 0.15) is 0 Å². The highest BCUT2D eigenvalue weighted by Gasteiger charge is 2.12. The van der Waals surface area contributed by atoms with Crippen molar-refractivity contribution in [3.8, 4) is 6.07 Å². The Morgan fingerprint density at radius 3 is 2.56 bits per heavy atom. The van der Waals surface area contributed by atoms with Gasteiger partial charge in [0.15, 0.2) is 5.78 Å². The Bertz CT molecular complexity index is 417. The van der Waals surface area contributed by atoms with Crippen molar-refractivity contribution in [3.05, 3.63) is 35.4 Å². The molecule has 0 aliphatic rings. The average molecular weight is 245 g/mol. The molecule has 1 rings (SSSR count). The zero-order chi connectivity index (χ0) is 13.4. The number of nitrogens with zero attached hydrogens (tertiary/aromatic N) is 1. The lowest BCUT2D eigenvalue weighted by Gasteiger charge is -2.09. The van der Waals surface area contributed by atoms with E-state index in [9.17, 15) is 9.90 Å². The third-order valence-electron chi connectivity index (χ3n) is 2.90. The molecule has 0 aliphatic carbocycles. The van der Waals surface area contributed by atoms with E-state index in [1.807, 2.05) is 6.07 Å². The minimum atomic E-state index is -0.556. The molecule has 1 N–H and O–H groups in total. The zero-order valence-corrected chi connectivity index (χ0v) is 10.7. The van der Waals surface area contributed by atoms with E-state index in [0.717, 1.165) is 19.3 Å². The molecular formula is C15H19NO2. The number of carbonyl (C=O) groups excluding carboxylic acids is 1. The van der Waals surface area contributed by atoms with Crippen LogP contribution in [0, 0.1) is 11.3 Å². The number of benzene rings is 1. The maximum Gasteiger partial charge on any atom is 0.165 e. The lowest BCUT2D eigenvalue weighted by molar-refractivity contribution is 0.0864. The summed E-state index contributed by atoms with van der Waals surface area (Å²) in [6.07, 6.45) is 3.43. The summed E-state index contributed by atoms with van der Waals surface area (Å²) < 4.78 is 0. The van der Waals surface area contributed by atoms with Crippen LogP contribution in [0.2, 0.25) is 0 Å². The monoisotopic (exact) mass is 245 g/mol. The van der Waals surface area contributed by atoms with Crippen LogP contribution < -0.4 is 0 Å². The lowest BCUT2D eigenvalue weighted by atomic mass is 10.0. The summed E-state index contributed by atoms with van der Waals surface area (Å²) in [6, 6.07) is 8.53. The minimum Gasteiger partial charge on any atom is -0.393 e. The van der Waals surface area contributed by atoms with Crippen molar-refractivity contribution in [1.29, 1.82) is 5.26 Å². The van der Waals surface area contributed by atoms with Crippen molar-refractivity contribution in [2.24, 2.45) is 0 Å². The predicted octanol–water partition coefficient (Wildman–Crippen LogP) is 3.07. The molecule has 0 bridgehead atoms. The van der Waals surface area contributed by atoms with Gasteiger partial charge in [0.2, 0.25) is 0 Å². The number of hydrogen-bond acceptors (Lipinski definition) is 3. The summed E-state index contributed by atoms with van der Waals surface area (Å²) in [7, 11) is 0. The van der Waals surface area contributed by atoms with Crippen LogP contribution in [-0.4, -0.2) is 17.0 Å². The van der Waals surface area contributed by atoms with Gasteiger partial charge >= 0.3 is 0 Å². The minimum absolute atomic E-state index is 0.0662. The molecule has 18 heavy (non-hydrogen) atoms. The van der Waals surface area contributed by atoms with Gasteiger partial charge < -0.3 is 5.11 Å². The van der Waals surface area contributed by atoms with Crippen molar-refractivity contribution in [1.82, 2.24) is 0 Å². The fraction of sp³-hybridized carbons (Fsp3) is 0.467. The van der Waals surface area contributed by atoms with Crippen molar-refractivity contribution in [3.63, 3.8) is 0 Å². The molecular weight excluding hydrogens is 226 g/mol. The molecule has 0 saturated carbocycles. The second-order valence-electron chi connectivity index (χ2n) is 4.47. The summed E-state index contributed by atoms with van der Waals surface area (Å²) in [6.45, 7) is 2.11. The first-order valence-corrected chi connectivity index (χ1v) is 6.38. The van der Waals surface area contributed by atoms with E-state index < -0.39 is 6.10 Å². The predicted molar refractivity (Wildman–Crippen MR) is 70.3 cm³/mol. The Balaban J connectivity index is 2.46. The molecule has 0 heterocycles. The van der Waals surface area contributed by atoms with E-state index in [-0.39, 0.29) is 12.2 Å². The van der Waals surface area contributed by atoms with Crippen LogP contribution in [0.3, 0.4) is 0 Å². The van der Waals surface area contributed by atoms with E-state index in [1.54, 1.807) is 24.3 Å². The second kappa shape index (κ2) is 7.62. The topological polar surface area (TPSA) is 61.1 Å². The number of carbonyl (C=O) groups is 1. The Kier molecular flexibility index (Phi) is 6.10. The lowest BCUT2D eigenvalue weighted by Crippen LogP contribution is -2.13. The largest absolute Gasteiger partial charge is 0.393 e. The van der Waals surface area contributed by atoms with Crippen LogP contribution in [0.1, 0.15) is 54.9 Å². The van der Waals surface area contributed by atoms with E-state index in [4.69, 9.17) is 5.26 Å². The van der Waals surface area contributed by atoms with E-state index in [1.165, 1.54) is 0 Å². The van der Waals surface area contributed by atoms with Crippen LogP contribution in [0.4, 0.5) is 0 Å². The number of ketones is 1. The van der Waals surface area contributed by atoms with Crippen molar-refractivity contribution in [2.45, 2.75) is 45.1 Å². The second-order valence-corrected chi connectivity index (χ2v) is 4.47. The van der Waals surface area contributed by atoms with E-state index in [2.05, 4.69) is 6.92 Å². The maximum atomic E-state index is 11.8. The number of nitriles is 1. The standard InChI is InChI=1S/C15H19NO2/c1-2-3-4-5-14(17)10-15(18)13-8-6-12(11-16)7-9-13/h6-9,14,17H,2-5,10H2,1H3. The SMILES string of the molecule is CCCCCC(O)CC(=O)c1ccc(C#N)cc1. The molecule has 3 heteroatoms. The first kappa shape index (κ1) is 14.4. The van der Waals surface area contributed by atoms with Crippen LogP contribution in [0.15, 0.2) is 24.3 Å². The van der Waals surface area contributed by atoms with Gasteiger partial charge in [-0.1, -0.05) is 38.3 Å². The van der Waals surface area contributed by atoms with Crippen molar-refractivity contribution < 1.29 is 9.90 Å². The Hall–Kier alpha value is -1.66. The van der Waals surface area contributed by atoms with Gasteiger partial charge in [0.05, 0.1) is 17.7 Å². The maximum absolute atomic E-state index is 11.8. The summed E-state index contributed by atoms with van der Waals surface area (Å²) in [5.41, 5.74) is 1.10. The number of unbranched alkanes of at least 4 members (excludes halogenated alkanes) is 2. The van der Waals surface area contributed by atoms with Crippen LogP contribution in [0.25, 0.3) is 0 Å². The normalized spacial score (nSPS) is 11.8. The summed E-state index contributed by atoms with van der Waals surface area (Å²) in [5, 5.41) is 18.4. The highest BCUT2D eigenvalue weighted by Crippen LogP contribution is 2.11. The molecule has 0 amide bonds. The van der Waals surface area contributed by atoms with Crippen molar-refractivity contribution >= 4 is 5.78 Å². The van der Waals surface area contributed by atoms with Gasteiger partial charge in [0, 0.05) is 12.0 Å². The van der Waals surface area contributed by atoms with Crippen LogP contribution in [0.5, 0.6) is 0 Å². The third kappa shape index (κ3) is 4.68. The Labute approximate surface area is 108 Å². The van der Waals surface area contributed by atoms with Crippen molar-refractivity contribution in [2.75, 3.05) is 0 Å². The van der Waals surface area contributed by atoms with Gasteiger partial charge in [-0.15, -0.1) is 0 Å². The third-order valence-corrected chi connectivity index (χ3v) is 2.90. The van der Waals surface area contributed by atoms with Gasteiger partial charge in [-0.05, 0) is 18.6 Å². The highest BCUT2D eigenvalue weighted by atomic mass is 16.3. The molecule has 0 saturated heterocycles. The zero-order valence-electron chi connectivity index (χ0n) is 10.7. The average Bonchev–Trinajstić information content (AvgIpc) is 2.39. The Morgan fingerprint density at radius 2 is 2.00 bits per heavy atom. The number of aliphatic hydroxyl groups is 1. The number of rotatable bonds is 7. The smallest absolute Gasteiger partial charge is 0.165 e. The quantitative estimate of drug-likeness (QED) is 0.593. The molecule has 1 unspecified atom stereocenters. The molecule has 1 atom stereocenters. The van der Waals surface area contributed by atoms with Gasteiger partial charge in [0.25, 0.3) is 0 Å². The highest BCUT2D eigenvalue weighted by molar-refractivity contribution is 5.96. The fourth-order valence-electron chi connectivity index (χ4n) is 1.79. The summed E-state index contributed by atoms with van der Waals surface area (Å²) in [4.78, 5) is 11.8. The first-order chi connectivity index (χ1) is 8.67. The molecule has 1 aromatic carbocycles. The molecule has 1 aromatic rings. The first-order valence-electron chi connectivity index (χ1n) is 6.38. The number of hydrogen-bond donors (Lipinski definition) is 1. The molecule has 0 fully saturated rings. The van der Waals surface area contributed by atoms with Gasteiger partial charge in [-0.3, -0.25) is 4.79 Å². The fourth-order valence-corrected chi connectivity index (χ4v) is 1.79. The molecule has 3 nitrogen and oxygen atoms in total. The van der Waals surface area contributed by atoms with Gasteiger partial charge in [-0.25, -0.2) is 0 Å². The summed E-state index contributed by atoms with van der Waals surface area (Å²) in [5.74, 6) is -0.0662. The summed E-state index contributed by atoms with van der Waals surface area (Å²) >= 11 is 0. The van der Waals surface area contributed by atoms with Crippen LogP contribution in [-0.2, 0) is 0 Å². The van der Waals surface area contributed by atoms with E-state index in [0.29, 0.717) is 17.5 Å². The molecule has 0 radical (unpaired) electrons.